The van der Waals surface area contributed by atoms with Crippen LogP contribution in [0.25, 0.3) is 5.69 Å². The molecule has 0 aliphatic carbocycles. The summed E-state index contributed by atoms with van der Waals surface area (Å²) in [6.07, 6.45) is 4.84. The number of carbonyl (C=O) groups is 1. The average molecular weight is 419 g/mol. The predicted octanol–water partition coefficient (Wildman–Crippen LogP) is 2.81. The topological polar surface area (TPSA) is 65.1 Å². The average Bonchev–Trinajstić information content (AvgIpc) is 2.97. The second-order valence-corrected chi connectivity index (χ2v) is 6.74. The van der Waals surface area contributed by atoms with Gasteiger partial charge in [-0.3, -0.25) is 9.69 Å². The number of thioether (sulfide) groups is 1. The van der Waals surface area contributed by atoms with Crippen LogP contribution in [0.3, 0.4) is 0 Å². The number of alkyl halides is 3. The Morgan fingerprint density at radius 2 is 2.26 bits per heavy atom. The van der Waals surface area contributed by atoms with E-state index in [1.54, 1.807) is 6.07 Å². The summed E-state index contributed by atoms with van der Waals surface area (Å²) in [6.45, 7) is -0.121. The van der Waals surface area contributed by atoms with Crippen molar-refractivity contribution in [3.63, 3.8) is 0 Å². The maximum Gasteiger partial charge on any atom is 0.397 e. The number of carbonyl (C=O) groups excluding carboxylic acids is 1. The van der Waals surface area contributed by atoms with E-state index in [2.05, 4.69) is 11.0 Å². The van der Waals surface area contributed by atoms with Crippen LogP contribution in [0.2, 0.25) is 5.15 Å². The molecular formula is C16H14ClF3N4O2S. The maximum absolute atomic E-state index is 12.4. The molecule has 0 atom stereocenters. The van der Waals surface area contributed by atoms with Crippen LogP contribution in [0.15, 0.2) is 30.7 Å². The Morgan fingerprint density at radius 3 is 2.89 bits per heavy atom. The van der Waals surface area contributed by atoms with Crippen LogP contribution in [0.1, 0.15) is 6.42 Å². The van der Waals surface area contributed by atoms with Crippen LogP contribution in [-0.4, -0.2) is 39.9 Å². The Kier molecular flexibility index (Phi) is 6.98. The van der Waals surface area contributed by atoms with E-state index in [1.807, 2.05) is 0 Å². The van der Waals surface area contributed by atoms with Crippen molar-refractivity contribution >= 4 is 35.0 Å². The number of nitrogens with zero attached hydrogens (tertiary/aromatic N) is 4. The molecule has 0 aliphatic rings. The Balaban J connectivity index is 2.14. The monoisotopic (exact) mass is 418 g/mol. The van der Waals surface area contributed by atoms with E-state index in [0.717, 1.165) is 0 Å². The molecule has 0 saturated carbocycles. The van der Waals surface area contributed by atoms with Gasteiger partial charge in [0.1, 0.15) is 11.4 Å². The molecular weight excluding hydrogens is 405 g/mol. The second-order valence-electron chi connectivity index (χ2n) is 5.27. The number of hydrogen-bond acceptors (Lipinski definition) is 4. The number of aromatic nitrogens is 3. The third kappa shape index (κ3) is 6.08. The number of anilines is 1. The molecule has 0 fully saturated rings. The molecule has 6 nitrogen and oxygen atoms in total. The van der Waals surface area contributed by atoms with Gasteiger partial charge in [-0.2, -0.15) is 34.8 Å². The van der Waals surface area contributed by atoms with Gasteiger partial charge in [-0.05, 0) is 6.07 Å². The molecule has 0 unspecified atom stereocenters. The zero-order valence-corrected chi connectivity index (χ0v) is 15.4. The minimum Gasteiger partial charge on any atom is -0.619 e. The van der Waals surface area contributed by atoms with Crippen molar-refractivity contribution in [2.75, 3.05) is 23.0 Å². The fourth-order valence-corrected chi connectivity index (χ4v) is 3.04. The van der Waals surface area contributed by atoms with Gasteiger partial charge < -0.3 is 5.21 Å². The van der Waals surface area contributed by atoms with Crippen LogP contribution < -0.4 is 9.63 Å². The summed E-state index contributed by atoms with van der Waals surface area (Å²) in [5.74, 6) is 0.796. The van der Waals surface area contributed by atoms with Gasteiger partial charge in [-0.1, -0.05) is 17.5 Å². The van der Waals surface area contributed by atoms with Crippen LogP contribution >= 0.6 is 23.4 Å². The van der Waals surface area contributed by atoms with Gasteiger partial charge in [-0.15, -0.1) is 6.42 Å². The summed E-state index contributed by atoms with van der Waals surface area (Å²) in [5.41, 5.74) is 0.622. The molecule has 0 aromatic carbocycles. The summed E-state index contributed by atoms with van der Waals surface area (Å²) in [5, 5.41) is 15.4. The lowest BCUT2D eigenvalue weighted by Crippen LogP contribution is -2.31. The van der Waals surface area contributed by atoms with E-state index in [9.17, 15) is 23.2 Å². The van der Waals surface area contributed by atoms with E-state index in [0.29, 0.717) is 22.2 Å². The van der Waals surface area contributed by atoms with Crippen LogP contribution in [0, 0.1) is 17.6 Å². The lowest BCUT2D eigenvalue weighted by atomic mass is 10.3. The number of hydrogen-bond donors (Lipinski definition) is 0. The maximum atomic E-state index is 12.4. The quantitative estimate of drug-likeness (QED) is 0.300. The van der Waals surface area contributed by atoms with Gasteiger partial charge >= 0.3 is 6.18 Å². The zero-order chi connectivity index (χ0) is 20.0. The van der Waals surface area contributed by atoms with E-state index in [-0.39, 0.29) is 29.6 Å². The zero-order valence-electron chi connectivity index (χ0n) is 13.8. The largest absolute Gasteiger partial charge is 0.619 e. The lowest BCUT2D eigenvalue weighted by Gasteiger charge is -2.18. The number of amides is 1. The van der Waals surface area contributed by atoms with Gasteiger partial charge in [0.25, 0.3) is 0 Å². The number of halogens is 4. The first-order valence-corrected chi connectivity index (χ1v) is 9.07. The predicted molar refractivity (Wildman–Crippen MR) is 96.7 cm³/mol. The summed E-state index contributed by atoms with van der Waals surface area (Å²) < 4.78 is 38.4. The molecule has 27 heavy (non-hydrogen) atoms. The molecule has 0 bridgehead atoms. The fraction of sp³-hybridized carbons (Fsp3) is 0.312. The highest BCUT2D eigenvalue weighted by Crippen LogP contribution is 2.27. The number of rotatable bonds is 7. The molecule has 0 saturated heterocycles. The van der Waals surface area contributed by atoms with Gasteiger partial charge in [0, 0.05) is 18.2 Å². The van der Waals surface area contributed by atoms with E-state index >= 15 is 0 Å². The third-order valence-corrected chi connectivity index (χ3v) is 4.54. The molecule has 144 valence electrons. The molecule has 11 heteroatoms. The molecule has 0 radical (unpaired) electrons. The first kappa shape index (κ1) is 20.9. The van der Waals surface area contributed by atoms with Gasteiger partial charge in [0.05, 0.1) is 18.5 Å². The Morgan fingerprint density at radius 1 is 1.52 bits per heavy atom. The molecule has 2 aromatic rings. The smallest absolute Gasteiger partial charge is 0.397 e. The van der Waals surface area contributed by atoms with E-state index in [4.69, 9.17) is 18.0 Å². The standard InChI is InChI=1S/C16H14ClF3N4O2S/c1-2-6-23(14(25)5-8-27-11-16(18,19)20)13-10-24(21-15(13)17)12-4-3-7-22(26)9-12/h1,3-4,7,9-10H,5-6,8,11H2. The fourth-order valence-electron chi connectivity index (χ4n) is 2.12. The van der Waals surface area contributed by atoms with Crippen LogP contribution in [0.4, 0.5) is 18.9 Å². The van der Waals surface area contributed by atoms with Crippen LogP contribution in [0.5, 0.6) is 0 Å². The SMILES string of the molecule is C#CCN(C(=O)CCSCC(F)(F)F)c1cn(-c2ccc[n+]([O-])c2)nc1Cl. The normalized spacial score (nSPS) is 11.2. The first-order chi connectivity index (χ1) is 12.7. The Hall–Kier alpha value is -2.38. The molecule has 1 amide bonds. The van der Waals surface area contributed by atoms with Crippen molar-refractivity contribution in [2.45, 2.75) is 12.6 Å². The number of terminal acetylenes is 1. The molecule has 2 heterocycles. The highest BCUT2D eigenvalue weighted by molar-refractivity contribution is 7.99. The van der Waals surface area contributed by atoms with Gasteiger partial charge in [-0.25, -0.2) is 4.68 Å². The van der Waals surface area contributed by atoms with E-state index in [1.165, 1.54) is 34.2 Å². The molecule has 0 spiro atoms. The number of pyridine rings is 1. The Bertz CT molecular complexity index is 851. The molecule has 0 aliphatic heterocycles. The van der Waals surface area contributed by atoms with Crippen molar-refractivity contribution in [3.05, 3.63) is 41.1 Å². The van der Waals surface area contributed by atoms with Crippen molar-refractivity contribution in [1.29, 1.82) is 0 Å². The highest BCUT2D eigenvalue weighted by atomic mass is 35.5. The summed E-state index contributed by atoms with van der Waals surface area (Å²) >= 11 is 6.71. The highest BCUT2D eigenvalue weighted by Gasteiger charge is 2.27. The Labute approximate surface area is 162 Å². The minimum absolute atomic E-state index is 0.0139. The van der Waals surface area contributed by atoms with Crippen molar-refractivity contribution in [1.82, 2.24) is 9.78 Å². The lowest BCUT2D eigenvalue weighted by molar-refractivity contribution is -0.605. The third-order valence-electron chi connectivity index (χ3n) is 3.24. The van der Waals surface area contributed by atoms with Gasteiger partial charge in [0.2, 0.25) is 12.1 Å². The van der Waals surface area contributed by atoms with Crippen molar-refractivity contribution in [3.8, 4) is 18.0 Å². The molecule has 2 aromatic heterocycles. The van der Waals surface area contributed by atoms with Crippen molar-refractivity contribution < 1.29 is 22.7 Å². The first-order valence-electron chi connectivity index (χ1n) is 7.54. The van der Waals surface area contributed by atoms with Crippen LogP contribution in [-0.2, 0) is 4.79 Å². The summed E-state index contributed by atoms with van der Waals surface area (Å²) in [7, 11) is 0. The summed E-state index contributed by atoms with van der Waals surface area (Å²) in [6, 6.07) is 3.13. The summed E-state index contributed by atoms with van der Waals surface area (Å²) in [4.78, 5) is 13.6. The molecule has 2 rings (SSSR count). The van der Waals surface area contributed by atoms with E-state index < -0.39 is 17.8 Å². The molecule has 0 N–H and O–H groups in total. The minimum atomic E-state index is -4.29. The second kappa shape index (κ2) is 9.01. The van der Waals surface area contributed by atoms with Gasteiger partial charge in [0.15, 0.2) is 11.3 Å². The van der Waals surface area contributed by atoms with Crippen molar-refractivity contribution in [2.24, 2.45) is 0 Å².